The molecule has 5 rings (SSSR count). The van der Waals surface area contributed by atoms with Crippen LogP contribution in [0.25, 0.3) is 0 Å². The zero-order valence-electron chi connectivity index (χ0n) is 22.1. The van der Waals surface area contributed by atoms with Crippen LogP contribution in [-0.4, -0.2) is 34.7 Å². The lowest BCUT2D eigenvalue weighted by molar-refractivity contribution is -0.401. The van der Waals surface area contributed by atoms with Gasteiger partial charge in [-0.05, 0) is 52.0 Å². The number of fused-ring (bicyclic) bond motifs is 2. The van der Waals surface area contributed by atoms with Crippen molar-refractivity contribution >= 4 is 34.2 Å². The molecule has 0 spiro atoms. The van der Waals surface area contributed by atoms with E-state index in [4.69, 9.17) is 0 Å². The van der Waals surface area contributed by atoms with E-state index in [9.17, 15) is 0 Å². The molecule has 36 heavy (non-hydrogen) atoms. The molecule has 0 aliphatic carbocycles. The minimum Gasteiger partial charge on any atom is -0.361 e. The molecule has 182 valence electrons. The SMILES string of the molecule is C[N+]1=C(/C=C/Nc2ccc(N/C=C/C3=[N+](C)c4ccccc4C3(C)C)cc2)C(C)(C)c2ccccc21. The number of rotatable bonds is 6. The van der Waals surface area contributed by atoms with Crippen molar-refractivity contribution in [1.29, 1.82) is 0 Å². The van der Waals surface area contributed by atoms with Crippen LogP contribution in [0.15, 0.2) is 97.3 Å². The molecule has 4 nitrogen and oxygen atoms in total. The first-order chi connectivity index (χ1) is 17.2. The molecule has 0 bridgehead atoms. The van der Waals surface area contributed by atoms with Gasteiger partial charge in [-0.2, -0.15) is 9.15 Å². The van der Waals surface area contributed by atoms with Crippen LogP contribution in [0.2, 0.25) is 0 Å². The molecular formula is C32H36N4+2. The summed E-state index contributed by atoms with van der Waals surface area (Å²) in [7, 11) is 4.28. The first kappa shape index (κ1) is 23.8. The smallest absolute Gasteiger partial charge is 0.209 e. The van der Waals surface area contributed by atoms with Crippen molar-refractivity contribution in [2.75, 3.05) is 24.7 Å². The Kier molecular flexibility index (Phi) is 5.91. The highest BCUT2D eigenvalue weighted by atomic mass is 15.0. The molecule has 0 aromatic heterocycles. The quantitative estimate of drug-likeness (QED) is 0.377. The summed E-state index contributed by atoms with van der Waals surface area (Å²) in [6.45, 7) is 9.13. The Morgan fingerprint density at radius 1 is 0.556 bits per heavy atom. The molecule has 0 atom stereocenters. The molecule has 2 aliphatic heterocycles. The maximum atomic E-state index is 3.43. The molecule has 0 unspecified atom stereocenters. The summed E-state index contributed by atoms with van der Waals surface area (Å²) >= 11 is 0. The fraction of sp³-hybridized carbons (Fsp3) is 0.250. The van der Waals surface area contributed by atoms with Gasteiger partial charge in [0, 0.05) is 59.2 Å². The average molecular weight is 477 g/mol. The largest absolute Gasteiger partial charge is 0.361 e. The van der Waals surface area contributed by atoms with Crippen LogP contribution in [0.1, 0.15) is 38.8 Å². The van der Waals surface area contributed by atoms with E-state index < -0.39 is 0 Å². The molecule has 0 radical (unpaired) electrons. The van der Waals surface area contributed by atoms with E-state index >= 15 is 0 Å². The molecular weight excluding hydrogens is 440 g/mol. The predicted molar refractivity (Wildman–Crippen MR) is 153 cm³/mol. The summed E-state index contributed by atoms with van der Waals surface area (Å²) in [5.41, 5.74) is 9.90. The van der Waals surface area contributed by atoms with Crippen LogP contribution in [0.3, 0.4) is 0 Å². The van der Waals surface area contributed by atoms with Gasteiger partial charge in [-0.15, -0.1) is 0 Å². The second-order valence-corrected chi connectivity index (χ2v) is 10.7. The highest BCUT2D eigenvalue weighted by molar-refractivity contribution is 6.03. The van der Waals surface area contributed by atoms with Crippen molar-refractivity contribution in [2.45, 2.75) is 38.5 Å². The first-order valence-corrected chi connectivity index (χ1v) is 12.6. The monoisotopic (exact) mass is 476 g/mol. The maximum absolute atomic E-state index is 3.43. The molecule has 0 fully saturated rings. The molecule has 2 N–H and O–H groups in total. The van der Waals surface area contributed by atoms with E-state index in [1.807, 2.05) is 12.4 Å². The predicted octanol–water partition coefficient (Wildman–Crippen LogP) is 6.95. The van der Waals surface area contributed by atoms with E-state index in [0.29, 0.717) is 0 Å². The summed E-state index contributed by atoms with van der Waals surface area (Å²) in [5.74, 6) is 0. The summed E-state index contributed by atoms with van der Waals surface area (Å²) in [5, 5.41) is 6.85. The van der Waals surface area contributed by atoms with Crippen molar-refractivity contribution < 1.29 is 9.15 Å². The third-order valence-electron chi connectivity index (χ3n) is 7.75. The lowest BCUT2D eigenvalue weighted by Crippen LogP contribution is -2.26. The summed E-state index contributed by atoms with van der Waals surface area (Å²) in [6.07, 6.45) is 8.44. The second kappa shape index (κ2) is 8.94. The van der Waals surface area contributed by atoms with Crippen molar-refractivity contribution in [2.24, 2.45) is 0 Å². The molecule has 0 saturated heterocycles. The minimum atomic E-state index is -0.0228. The van der Waals surface area contributed by atoms with E-state index in [2.05, 4.69) is 147 Å². The molecule has 3 aromatic carbocycles. The highest BCUT2D eigenvalue weighted by Gasteiger charge is 2.43. The molecule has 3 aromatic rings. The summed E-state index contributed by atoms with van der Waals surface area (Å²) in [4.78, 5) is 0. The first-order valence-electron chi connectivity index (χ1n) is 12.6. The van der Waals surface area contributed by atoms with E-state index in [-0.39, 0.29) is 10.8 Å². The minimum absolute atomic E-state index is 0.0228. The van der Waals surface area contributed by atoms with Gasteiger partial charge < -0.3 is 10.6 Å². The van der Waals surface area contributed by atoms with Gasteiger partial charge in [0.15, 0.2) is 11.4 Å². The molecule has 0 saturated carbocycles. The van der Waals surface area contributed by atoms with Crippen LogP contribution in [-0.2, 0) is 10.8 Å². The van der Waals surface area contributed by atoms with Gasteiger partial charge >= 0.3 is 0 Å². The number of hydrogen-bond acceptors (Lipinski definition) is 2. The lowest BCUT2D eigenvalue weighted by atomic mass is 9.81. The average Bonchev–Trinajstić information content (AvgIpc) is 3.19. The topological polar surface area (TPSA) is 30.1 Å². The Balaban J connectivity index is 1.23. The number of nitrogens with one attached hydrogen (secondary N) is 2. The Labute approximate surface area is 215 Å². The van der Waals surface area contributed by atoms with Crippen LogP contribution in [0.4, 0.5) is 22.7 Å². The number of benzene rings is 3. The molecule has 2 heterocycles. The number of nitrogens with zero attached hydrogens (tertiary/aromatic N) is 2. The van der Waals surface area contributed by atoms with Gasteiger partial charge in [-0.1, -0.05) is 36.4 Å². The van der Waals surface area contributed by atoms with Crippen LogP contribution in [0, 0.1) is 0 Å². The van der Waals surface area contributed by atoms with Gasteiger partial charge in [0.25, 0.3) is 0 Å². The normalized spacial score (nSPS) is 17.7. The Morgan fingerprint density at radius 3 is 1.28 bits per heavy atom. The van der Waals surface area contributed by atoms with Crippen molar-refractivity contribution in [3.63, 3.8) is 0 Å². The Morgan fingerprint density at radius 2 is 0.917 bits per heavy atom. The van der Waals surface area contributed by atoms with E-state index in [1.54, 1.807) is 0 Å². The van der Waals surface area contributed by atoms with Crippen LogP contribution < -0.4 is 10.6 Å². The van der Waals surface area contributed by atoms with E-state index in [1.165, 1.54) is 33.9 Å². The van der Waals surface area contributed by atoms with Crippen molar-refractivity contribution in [3.8, 4) is 0 Å². The fourth-order valence-electron chi connectivity index (χ4n) is 5.70. The molecule has 0 amide bonds. The molecule has 4 heteroatoms. The second-order valence-electron chi connectivity index (χ2n) is 10.7. The van der Waals surface area contributed by atoms with Crippen molar-refractivity contribution in [3.05, 3.63) is 108 Å². The van der Waals surface area contributed by atoms with E-state index in [0.717, 1.165) is 11.4 Å². The fourth-order valence-corrected chi connectivity index (χ4v) is 5.70. The third kappa shape index (κ3) is 3.97. The zero-order chi connectivity index (χ0) is 25.5. The van der Waals surface area contributed by atoms with Gasteiger partial charge in [-0.25, -0.2) is 0 Å². The number of anilines is 2. The Bertz CT molecular complexity index is 1320. The van der Waals surface area contributed by atoms with Crippen LogP contribution in [0.5, 0.6) is 0 Å². The number of para-hydroxylation sites is 2. The molecule has 2 aliphatic rings. The summed E-state index contributed by atoms with van der Waals surface area (Å²) < 4.78 is 4.57. The maximum Gasteiger partial charge on any atom is 0.209 e. The third-order valence-corrected chi connectivity index (χ3v) is 7.75. The van der Waals surface area contributed by atoms with Crippen molar-refractivity contribution in [1.82, 2.24) is 0 Å². The van der Waals surface area contributed by atoms with Gasteiger partial charge in [-0.3, -0.25) is 0 Å². The van der Waals surface area contributed by atoms with Crippen LogP contribution >= 0.6 is 0 Å². The lowest BCUT2D eigenvalue weighted by Gasteiger charge is -2.15. The highest BCUT2D eigenvalue weighted by Crippen LogP contribution is 2.40. The zero-order valence-corrected chi connectivity index (χ0v) is 22.1. The Hall–Kier alpha value is -3.92. The number of hydrogen-bond donors (Lipinski definition) is 2. The number of allylic oxidation sites excluding steroid dienone is 2. The summed E-state index contributed by atoms with van der Waals surface area (Å²) in [6, 6.07) is 25.7. The van der Waals surface area contributed by atoms with Gasteiger partial charge in [0.1, 0.15) is 14.1 Å². The standard InChI is InChI=1S/C32H34N4/c1-31(2)25-11-7-9-13-27(25)35(5)29(31)19-21-33-23-15-17-24(18-16-23)34-22-20-30-32(3,4)26-12-8-10-14-28(26)36(30)6/h7-22H,1-6H3/p+2. The van der Waals surface area contributed by atoms with Gasteiger partial charge in [0.2, 0.25) is 11.4 Å². The van der Waals surface area contributed by atoms with Gasteiger partial charge in [0.05, 0.1) is 10.8 Å².